The number of hydrogen-bond donors (Lipinski definition) is 2. The average Bonchev–Trinajstić information content (AvgIpc) is 2.87. The monoisotopic (exact) mass is 269 g/mol. The van der Waals surface area contributed by atoms with Crippen LogP contribution in [0.1, 0.15) is 12.8 Å². The summed E-state index contributed by atoms with van der Waals surface area (Å²) in [6.45, 7) is 1.47. The third-order valence-electron chi connectivity index (χ3n) is 3.60. The van der Waals surface area contributed by atoms with E-state index < -0.39 is 0 Å². The minimum Gasteiger partial charge on any atom is -0.393 e. The van der Waals surface area contributed by atoms with E-state index in [0.717, 1.165) is 26.1 Å². The molecule has 1 aliphatic heterocycles. The highest BCUT2D eigenvalue weighted by Gasteiger charge is 2.08. The molecule has 20 heavy (non-hydrogen) atoms. The molecule has 2 heterocycles. The number of rotatable bonds is 0. The first kappa shape index (κ1) is 13.2. The van der Waals surface area contributed by atoms with Gasteiger partial charge in [0.1, 0.15) is 0 Å². The van der Waals surface area contributed by atoms with Crippen molar-refractivity contribution in [2.45, 2.75) is 18.9 Å². The van der Waals surface area contributed by atoms with Gasteiger partial charge in [0.2, 0.25) is 0 Å². The van der Waals surface area contributed by atoms with E-state index in [1.54, 1.807) is 0 Å². The molecule has 104 valence electrons. The average molecular weight is 269 g/mol. The topological polar surface area (TPSA) is 45.2 Å². The summed E-state index contributed by atoms with van der Waals surface area (Å²) in [6, 6.07) is 16.8. The number of para-hydroxylation sites is 2. The van der Waals surface area contributed by atoms with E-state index in [1.807, 2.05) is 0 Å². The Bertz CT molecular complexity index is 633. The molecule has 0 saturated carbocycles. The summed E-state index contributed by atoms with van der Waals surface area (Å²) in [4.78, 5) is 3.38. The van der Waals surface area contributed by atoms with Gasteiger partial charge in [0, 0.05) is 35.0 Å². The summed E-state index contributed by atoms with van der Waals surface area (Å²) < 4.78 is 4.98. The Hall–Kier alpha value is -1.84. The number of aromatic amines is 1. The lowest BCUT2D eigenvalue weighted by Gasteiger charge is -2.15. The van der Waals surface area contributed by atoms with E-state index in [0.29, 0.717) is 0 Å². The van der Waals surface area contributed by atoms with Crippen molar-refractivity contribution in [1.29, 1.82) is 0 Å². The van der Waals surface area contributed by atoms with Gasteiger partial charge in [-0.2, -0.15) is 0 Å². The van der Waals surface area contributed by atoms with Gasteiger partial charge in [-0.3, -0.25) is 0 Å². The smallest absolute Gasteiger partial charge is 0.0584 e. The molecule has 1 saturated heterocycles. The van der Waals surface area contributed by atoms with Crippen molar-refractivity contribution in [3.63, 3.8) is 0 Å². The molecular weight excluding hydrogens is 250 g/mol. The van der Waals surface area contributed by atoms with E-state index in [4.69, 9.17) is 9.84 Å². The molecule has 3 heteroatoms. The van der Waals surface area contributed by atoms with Crippen molar-refractivity contribution in [2.24, 2.45) is 0 Å². The van der Waals surface area contributed by atoms with Crippen molar-refractivity contribution in [3.8, 4) is 0 Å². The quantitative estimate of drug-likeness (QED) is 0.656. The van der Waals surface area contributed by atoms with Crippen LogP contribution in [0.2, 0.25) is 0 Å². The Labute approximate surface area is 118 Å². The second-order valence-electron chi connectivity index (χ2n) is 5.06. The van der Waals surface area contributed by atoms with Crippen LogP contribution in [0.15, 0.2) is 48.5 Å². The second-order valence-corrected chi connectivity index (χ2v) is 5.06. The van der Waals surface area contributed by atoms with Gasteiger partial charge in [0.25, 0.3) is 0 Å². The second kappa shape index (κ2) is 6.07. The zero-order chi connectivity index (χ0) is 13.8. The van der Waals surface area contributed by atoms with Gasteiger partial charge in [-0.1, -0.05) is 36.4 Å². The number of benzene rings is 2. The predicted octanol–water partition coefficient (Wildman–Crippen LogP) is 3.48. The number of fused-ring (bicyclic) bond motifs is 3. The van der Waals surface area contributed by atoms with Gasteiger partial charge in [0.05, 0.1) is 6.10 Å². The van der Waals surface area contributed by atoms with Crippen LogP contribution in [0, 0.1) is 0 Å². The maximum absolute atomic E-state index is 8.83. The Morgan fingerprint density at radius 2 is 1.35 bits per heavy atom. The van der Waals surface area contributed by atoms with Crippen LogP contribution in [0.3, 0.4) is 0 Å². The van der Waals surface area contributed by atoms with Gasteiger partial charge in [-0.05, 0) is 25.0 Å². The fourth-order valence-electron chi connectivity index (χ4n) is 2.48. The molecule has 2 aromatic carbocycles. The minimum atomic E-state index is -0.0891. The fraction of sp³-hybridized carbons (Fsp3) is 0.294. The summed E-state index contributed by atoms with van der Waals surface area (Å²) in [7, 11) is 0. The van der Waals surface area contributed by atoms with Crippen molar-refractivity contribution in [2.75, 3.05) is 13.2 Å². The molecule has 1 aromatic heterocycles. The van der Waals surface area contributed by atoms with E-state index in [1.165, 1.54) is 21.8 Å². The molecule has 1 aliphatic rings. The first-order chi connectivity index (χ1) is 9.84. The molecule has 0 unspecified atom stereocenters. The van der Waals surface area contributed by atoms with Crippen molar-refractivity contribution in [1.82, 2.24) is 4.98 Å². The molecule has 0 bridgehead atoms. The Morgan fingerprint density at radius 3 is 1.80 bits per heavy atom. The number of hydrogen-bond acceptors (Lipinski definition) is 2. The molecular formula is C17H19NO2. The summed E-state index contributed by atoms with van der Waals surface area (Å²) in [5.41, 5.74) is 2.42. The highest BCUT2D eigenvalue weighted by atomic mass is 16.5. The van der Waals surface area contributed by atoms with E-state index in [9.17, 15) is 0 Å². The molecule has 1 fully saturated rings. The van der Waals surface area contributed by atoms with Crippen molar-refractivity contribution >= 4 is 21.8 Å². The van der Waals surface area contributed by atoms with Gasteiger partial charge in [0.15, 0.2) is 0 Å². The number of nitrogens with one attached hydrogen (secondary N) is 1. The number of ether oxygens (including phenoxy) is 1. The van der Waals surface area contributed by atoms with E-state index in [2.05, 4.69) is 53.5 Å². The summed E-state index contributed by atoms with van der Waals surface area (Å²) in [6.07, 6.45) is 1.55. The zero-order valence-electron chi connectivity index (χ0n) is 11.4. The molecule has 0 amide bonds. The largest absolute Gasteiger partial charge is 0.393 e. The lowest BCUT2D eigenvalue weighted by molar-refractivity contribution is 0.0140. The maximum atomic E-state index is 8.83. The number of aromatic nitrogens is 1. The van der Waals surface area contributed by atoms with Gasteiger partial charge >= 0.3 is 0 Å². The van der Waals surface area contributed by atoms with Crippen LogP contribution < -0.4 is 0 Å². The molecule has 0 spiro atoms. The first-order valence-corrected chi connectivity index (χ1v) is 7.06. The summed E-state index contributed by atoms with van der Waals surface area (Å²) >= 11 is 0. The van der Waals surface area contributed by atoms with Crippen LogP contribution in [0.25, 0.3) is 21.8 Å². The maximum Gasteiger partial charge on any atom is 0.0584 e. The van der Waals surface area contributed by atoms with E-state index in [-0.39, 0.29) is 6.10 Å². The van der Waals surface area contributed by atoms with Crippen LogP contribution >= 0.6 is 0 Å². The van der Waals surface area contributed by atoms with Crippen LogP contribution in [-0.4, -0.2) is 29.4 Å². The van der Waals surface area contributed by atoms with Gasteiger partial charge in [-0.25, -0.2) is 0 Å². The van der Waals surface area contributed by atoms with Crippen LogP contribution in [-0.2, 0) is 4.74 Å². The molecule has 0 atom stereocenters. The highest BCUT2D eigenvalue weighted by molar-refractivity contribution is 6.06. The normalized spacial score (nSPS) is 16.1. The Kier molecular flexibility index (Phi) is 4.00. The zero-order valence-corrected chi connectivity index (χ0v) is 11.4. The first-order valence-electron chi connectivity index (χ1n) is 7.06. The fourth-order valence-corrected chi connectivity index (χ4v) is 2.48. The van der Waals surface area contributed by atoms with Crippen LogP contribution in [0.5, 0.6) is 0 Å². The number of aliphatic hydroxyl groups excluding tert-OH is 1. The van der Waals surface area contributed by atoms with Gasteiger partial charge < -0.3 is 14.8 Å². The standard InChI is InChI=1S/C12H9N.C5H10O2/c1-3-7-11-9(5-1)10-6-2-4-8-12(10)13-11;6-5-1-3-7-4-2-5/h1-8,13H;5-6H,1-4H2. The molecule has 3 aromatic rings. The predicted molar refractivity (Wildman–Crippen MR) is 81.9 cm³/mol. The minimum absolute atomic E-state index is 0.0891. The number of aliphatic hydroxyl groups is 1. The molecule has 0 radical (unpaired) electrons. The number of H-pyrrole nitrogens is 1. The summed E-state index contributed by atoms with van der Waals surface area (Å²) in [5.74, 6) is 0. The molecule has 3 nitrogen and oxygen atoms in total. The Morgan fingerprint density at radius 1 is 0.850 bits per heavy atom. The van der Waals surface area contributed by atoms with Gasteiger partial charge in [-0.15, -0.1) is 0 Å². The molecule has 2 N–H and O–H groups in total. The molecule has 0 aliphatic carbocycles. The van der Waals surface area contributed by atoms with Crippen molar-refractivity contribution in [3.05, 3.63) is 48.5 Å². The third-order valence-corrected chi connectivity index (χ3v) is 3.60. The Balaban J connectivity index is 0.000000147. The lowest BCUT2D eigenvalue weighted by Crippen LogP contribution is -2.19. The highest BCUT2D eigenvalue weighted by Crippen LogP contribution is 2.24. The van der Waals surface area contributed by atoms with Crippen molar-refractivity contribution < 1.29 is 9.84 Å². The molecule has 4 rings (SSSR count). The third kappa shape index (κ3) is 2.84. The SMILES string of the molecule is OC1CCOCC1.c1ccc2c(c1)[nH]c1ccccc12. The van der Waals surface area contributed by atoms with E-state index >= 15 is 0 Å². The summed E-state index contributed by atoms with van der Waals surface area (Å²) in [5, 5.41) is 11.4. The lowest BCUT2D eigenvalue weighted by atomic mass is 10.2. The van der Waals surface area contributed by atoms with Crippen LogP contribution in [0.4, 0.5) is 0 Å².